The van der Waals surface area contributed by atoms with Gasteiger partial charge in [0.25, 0.3) is 11.8 Å². The maximum Gasteiger partial charge on any atom is 0.338 e. The second-order valence-electron chi connectivity index (χ2n) is 5.43. The van der Waals surface area contributed by atoms with Crippen molar-refractivity contribution < 1.29 is 19.1 Å². The maximum atomic E-state index is 12.6. The molecule has 2 aromatic rings. The van der Waals surface area contributed by atoms with Gasteiger partial charge in [0.15, 0.2) is 0 Å². The molecule has 2 amide bonds. The van der Waals surface area contributed by atoms with E-state index in [4.69, 9.17) is 4.74 Å². The number of ether oxygens (including phenoxy) is 1. The first-order chi connectivity index (χ1) is 11.5. The van der Waals surface area contributed by atoms with Crippen molar-refractivity contribution in [3.63, 3.8) is 0 Å². The summed E-state index contributed by atoms with van der Waals surface area (Å²) in [4.78, 5) is 38.2. The van der Waals surface area contributed by atoms with Crippen molar-refractivity contribution in [3.8, 4) is 0 Å². The van der Waals surface area contributed by atoms with Gasteiger partial charge in [0.2, 0.25) is 0 Å². The molecule has 0 aromatic heterocycles. The van der Waals surface area contributed by atoms with E-state index in [-0.39, 0.29) is 23.3 Å². The highest BCUT2D eigenvalue weighted by atomic mass is 16.5. The summed E-state index contributed by atoms with van der Waals surface area (Å²) in [5, 5.41) is 0. The molecule has 0 saturated carbocycles. The van der Waals surface area contributed by atoms with Crippen molar-refractivity contribution in [1.29, 1.82) is 0 Å². The van der Waals surface area contributed by atoms with Crippen LogP contribution in [0, 0.1) is 6.92 Å². The van der Waals surface area contributed by atoms with Gasteiger partial charge >= 0.3 is 5.97 Å². The van der Waals surface area contributed by atoms with E-state index in [1.807, 2.05) is 19.1 Å². The SMILES string of the molecule is C=CCOC(=O)c1ccc2c(c1)C(=O)N(c1ccc(C)cc1)C2=O. The summed E-state index contributed by atoms with van der Waals surface area (Å²) in [5.74, 6) is -1.41. The summed E-state index contributed by atoms with van der Waals surface area (Å²) in [5.41, 5.74) is 2.24. The van der Waals surface area contributed by atoms with Gasteiger partial charge in [-0.15, -0.1) is 0 Å². The fourth-order valence-electron chi connectivity index (χ4n) is 2.51. The Morgan fingerprint density at radius 1 is 1.08 bits per heavy atom. The van der Waals surface area contributed by atoms with Crippen molar-refractivity contribution in [2.45, 2.75) is 6.92 Å². The smallest absolute Gasteiger partial charge is 0.338 e. The standard InChI is InChI=1S/C19H15NO4/c1-3-10-24-19(23)13-6-9-15-16(11-13)18(22)20(17(15)21)14-7-4-12(2)5-8-14/h3-9,11H,1,10H2,2H3. The number of anilines is 1. The number of hydrogen-bond donors (Lipinski definition) is 0. The van der Waals surface area contributed by atoms with Gasteiger partial charge in [-0.05, 0) is 37.3 Å². The van der Waals surface area contributed by atoms with Crippen molar-refractivity contribution in [2.24, 2.45) is 0 Å². The fourth-order valence-corrected chi connectivity index (χ4v) is 2.51. The minimum atomic E-state index is -0.563. The van der Waals surface area contributed by atoms with Crippen LogP contribution in [0.4, 0.5) is 5.69 Å². The number of carbonyl (C=O) groups is 3. The fraction of sp³-hybridized carbons (Fsp3) is 0.105. The molecule has 1 heterocycles. The molecule has 0 unspecified atom stereocenters. The lowest BCUT2D eigenvalue weighted by atomic mass is 10.1. The molecule has 5 heteroatoms. The Balaban J connectivity index is 1.95. The second-order valence-corrected chi connectivity index (χ2v) is 5.43. The van der Waals surface area contributed by atoms with Gasteiger partial charge in [0.05, 0.1) is 22.4 Å². The third-order valence-electron chi connectivity index (χ3n) is 3.75. The van der Waals surface area contributed by atoms with Crippen LogP contribution in [0.3, 0.4) is 0 Å². The minimum absolute atomic E-state index is 0.0816. The molecule has 3 rings (SSSR count). The summed E-state index contributed by atoms with van der Waals surface area (Å²) in [6.45, 7) is 5.48. The van der Waals surface area contributed by atoms with E-state index in [1.54, 1.807) is 12.1 Å². The highest BCUT2D eigenvalue weighted by Crippen LogP contribution is 2.29. The van der Waals surface area contributed by atoms with Crippen LogP contribution >= 0.6 is 0 Å². The Labute approximate surface area is 139 Å². The molecule has 0 fully saturated rings. The third-order valence-corrected chi connectivity index (χ3v) is 3.75. The van der Waals surface area contributed by atoms with Crippen molar-refractivity contribution in [3.05, 3.63) is 77.4 Å². The van der Waals surface area contributed by atoms with Crippen molar-refractivity contribution >= 4 is 23.5 Å². The molecule has 0 spiro atoms. The zero-order valence-corrected chi connectivity index (χ0v) is 13.1. The number of esters is 1. The molecule has 120 valence electrons. The van der Waals surface area contributed by atoms with Crippen molar-refractivity contribution in [1.82, 2.24) is 0 Å². The summed E-state index contributed by atoms with van der Waals surface area (Å²) >= 11 is 0. The van der Waals surface area contributed by atoms with Gasteiger partial charge in [-0.1, -0.05) is 30.4 Å². The molecule has 1 aliphatic rings. The minimum Gasteiger partial charge on any atom is -0.458 e. The first-order valence-electron chi connectivity index (χ1n) is 7.40. The highest BCUT2D eigenvalue weighted by molar-refractivity contribution is 6.34. The maximum absolute atomic E-state index is 12.6. The van der Waals surface area contributed by atoms with Crippen LogP contribution in [0.25, 0.3) is 0 Å². The van der Waals surface area contributed by atoms with E-state index >= 15 is 0 Å². The molecule has 0 radical (unpaired) electrons. The Morgan fingerprint density at radius 3 is 2.42 bits per heavy atom. The van der Waals surface area contributed by atoms with Gasteiger partial charge in [0, 0.05) is 0 Å². The molecule has 0 N–H and O–H groups in total. The van der Waals surface area contributed by atoms with Gasteiger partial charge in [-0.25, -0.2) is 9.69 Å². The van der Waals surface area contributed by atoms with Crippen LogP contribution in [0.15, 0.2) is 55.1 Å². The number of benzene rings is 2. The zero-order chi connectivity index (χ0) is 17.3. The first kappa shape index (κ1) is 15.7. The molecule has 24 heavy (non-hydrogen) atoms. The van der Waals surface area contributed by atoms with Crippen LogP contribution in [0.5, 0.6) is 0 Å². The summed E-state index contributed by atoms with van der Waals surface area (Å²) in [6, 6.07) is 11.5. The molecule has 1 aliphatic heterocycles. The number of nitrogens with zero attached hydrogens (tertiary/aromatic N) is 1. The Morgan fingerprint density at radius 2 is 1.75 bits per heavy atom. The van der Waals surface area contributed by atoms with E-state index in [9.17, 15) is 14.4 Å². The van der Waals surface area contributed by atoms with Crippen LogP contribution in [0.1, 0.15) is 36.6 Å². The zero-order valence-electron chi connectivity index (χ0n) is 13.1. The van der Waals surface area contributed by atoms with E-state index < -0.39 is 17.8 Å². The quantitative estimate of drug-likeness (QED) is 0.493. The van der Waals surface area contributed by atoms with Crippen LogP contribution in [-0.4, -0.2) is 24.4 Å². The molecule has 0 aliphatic carbocycles. The molecule has 0 atom stereocenters. The molecular formula is C19H15NO4. The highest BCUT2D eigenvalue weighted by Gasteiger charge is 2.37. The number of amides is 2. The molecule has 0 bridgehead atoms. The Hall–Kier alpha value is -3.21. The number of hydrogen-bond acceptors (Lipinski definition) is 4. The molecule has 0 saturated heterocycles. The number of imide groups is 1. The Kier molecular flexibility index (Phi) is 4.00. The van der Waals surface area contributed by atoms with Crippen molar-refractivity contribution in [2.75, 3.05) is 11.5 Å². The van der Waals surface area contributed by atoms with E-state index in [0.717, 1.165) is 10.5 Å². The van der Waals surface area contributed by atoms with Crippen LogP contribution in [0.2, 0.25) is 0 Å². The summed E-state index contributed by atoms with van der Waals surface area (Å²) < 4.78 is 4.96. The summed E-state index contributed by atoms with van der Waals surface area (Å²) in [6.07, 6.45) is 1.46. The molecular weight excluding hydrogens is 306 g/mol. The number of fused-ring (bicyclic) bond motifs is 1. The average Bonchev–Trinajstić information content (AvgIpc) is 2.84. The Bertz CT molecular complexity index is 852. The van der Waals surface area contributed by atoms with Crippen LogP contribution < -0.4 is 4.90 Å². The number of carbonyl (C=O) groups excluding carboxylic acids is 3. The lowest BCUT2D eigenvalue weighted by molar-refractivity contribution is 0.0549. The lowest BCUT2D eigenvalue weighted by Gasteiger charge is -2.13. The van der Waals surface area contributed by atoms with Crippen LogP contribution in [-0.2, 0) is 4.74 Å². The van der Waals surface area contributed by atoms with E-state index in [0.29, 0.717) is 5.69 Å². The topological polar surface area (TPSA) is 63.7 Å². The van der Waals surface area contributed by atoms with Gasteiger partial charge in [-0.3, -0.25) is 9.59 Å². The molecule has 5 nitrogen and oxygen atoms in total. The normalized spacial score (nSPS) is 13.0. The predicted octanol–water partition coefficient (Wildman–Crippen LogP) is 3.14. The first-order valence-corrected chi connectivity index (χ1v) is 7.40. The van der Waals surface area contributed by atoms with E-state index in [2.05, 4.69) is 6.58 Å². The monoisotopic (exact) mass is 321 g/mol. The average molecular weight is 321 g/mol. The second kappa shape index (κ2) is 6.12. The summed E-state index contributed by atoms with van der Waals surface area (Å²) in [7, 11) is 0. The number of aryl methyl sites for hydroxylation is 1. The third kappa shape index (κ3) is 2.60. The molecule has 2 aromatic carbocycles. The van der Waals surface area contributed by atoms with Gasteiger partial charge in [-0.2, -0.15) is 0 Å². The van der Waals surface area contributed by atoms with Gasteiger partial charge < -0.3 is 4.74 Å². The lowest BCUT2D eigenvalue weighted by Crippen LogP contribution is -2.29. The van der Waals surface area contributed by atoms with Gasteiger partial charge in [0.1, 0.15) is 6.61 Å². The van der Waals surface area contributed by atoms with E-state index in [1.165, 1.54) is 24.3 Å². The number of rotatable bonds is 4. The largest absolute Gasteiger partial charge is 0.458 e. The predicted molar refractivity (Wildman–Crippen MR) is 89.2 cm³/mol.